The molecule has 0 aliphatic heterocycles. The van der Waals surface area contributed by atoms with Crippen LogP contribution in [0.2, 0.25) is 0 Å². The Kier molecular flexibility index (Phi) is 6.77. The van der Waals surface area contributed by atoms with Crippen molar-refractivity contribution < 1.29 is 12.8 Å². The molecular formula is C15H25FN2O2S. The highest BCUT2D eigenvalue weighted by Crippen LogP contribution is 2.20. The number of hydrogen-bond acceptors (Lipinski definition) is 3. The zero-order valence-corrected chi connectivity index (χ0v) is 14.0. The quantitative estimate of drug-likeness (QED) is 0.802. The van der Waals surface area contributed by atoms with Crippen LogP contribution >= 0.6 is 0 Å². The lowest BCUT2D eigenvalue weighted by Gasteiger charge is -2.20. The van der Waals surface area contributed by atoms with Crippen LogP contribution in [0.3, 0.4) is 0 Å². The number of nitrogens with one attached hydrogen (secondary N) is 1. The van der Waals surface area contributed by atoms with Crippen molar-refractivity contribution >= 4 is 10.0 Å². The first kappa shape index (κ1) is 18.1. The van der Waals surface area contributed by atoms with Crippen LogP contribution in [0, 0.1) is 5.82 Å². The third-order valence-electron chi connectivity index (χ3n) is 3.15. The first-order valence-electron chi connectivity index (χ1n) is 7.34. The summed E-state index contributed by atoms with van der Waals surface area (Å²) in [4.78, 5) is -0.244. The second-order valence-electron chi connectivity index (χ2n) is 5.30. The first-order valence-corrected chi connectivity index (χ1v) is 8.78. The van der Waals surface area contributed by atoms with Gasteiger partial charge in [-0.1, -0.05) is 33.8 Å². The van der Waals surface area contributed by atoms with Gasteiger partial charge in [0.05, 0.1) is 0 Å². The van der Waals surface area contributed by atoms with Crippen molar-refractivity contribution in [2.24, 2.45) is 0 Å². The minimum Gasteiger partial charge on any atom is -0.310 e. The smallest absolute Gasteiger partial charge is 0.245 e. The second kappa shape index (κ2) is 7.87. The SMILES string of the molecule is CCCN(CC)S(=O)(=O)c1ccc(CNC(C)C)cc1F. The van der Waals surface area contributed by atoms with Gasteiger partial charge in [-0.05, 0) is 24.1 Å². The average molecular weight is 316 g/mol. The molecule has 6 heteroatoms. The fourth-order valence-electron chi connectivity index (χ4n) is 2.02. The molecule has 0 aromatic heterocycles. The summed E-state index contributed by atoms with van der Waals surface area (Å²) in [5, 5.41) is 3.17. The highest BCUT2D eigenvalue weighted by molar-refractivity contribution is 7.89. The highest BCUT2D eigenvalue weighted by Gasteiger charge is 2.25. The van der Waals surface area contributed by atoms with Gasteiger partial charge in [0.25, 0.3) is 0 Å². The monoisotopic (exact) mass is 316 g/mol. The minimum atomic E-state index is -3.75. The van der Waals surface area contributed by atoms with Gasteiger partial charge in [0.15, 0.2) is 0 Å². The maximum absolute atomic E-state index is 14.2. The van der Waals surface area contributed by atoms with E-state index in [1.807, 2.05) is 20.8 Å². The molecule has 0 aliphatic rings. The van der Waals surface area contributed by atoms with Crippen LogP contribution in [0.5, 0.6) is 0 Å². The summed E-state index contributed by atoms with van der Waals surface area (Å²) in [7, 11) is -3.75. The van der Waals surface area contributed by atoms with Gasteiger partial charge in [-0.2, -0.15) is 4.31 Å². The van der Waals surface area contributed by atoms with Crippen LogP contribution in [0.25, 0.3) is 0 Å². The van der Waals surface area contributed by atoms with E-state index in [1.54, 1.807) is 13.0 Å². The van der Waals surface area contributed by atoms with Crippen LogP contribution in [0.15, 0.2) is 23.1 Å². The molecule has 0 amide bonds. The maximum Gasteiger partial charge on any atom is 0.245 e. The van der Waals surface area contributed by atoms with Gasteiger partial charge < -0.3 is 5.32 Å². The normalized spacial score (nSPS) is 12.3. The number of rotatable bonds is 8. The largest absolute Gasteiger partial charge is 0.310 e. The molecule has 1 aromatic rings. The molecule has 21 heavy (non-hydrogen) atoms. The lowest BCUT2D eigenvalue weighted by Crippen LogP contribution is -2.32. The first-order chi connectivity index (χ1) is 9.82. The number of nitrogens with zero attached hydrogens (tertiary/aromatic N) is 1. The van der Waals surface area contributed by atoms with Gasteiger partial charge in [0.1, 0.15) is 10.7 Å². The summed E-state index contributed by atoms with van der Waals surface area (Å²) in [5.74, 6) is -0.687. The van der Waals surface area contributed by atoms with Gasteiger partial charge in [0, 0.05) is 25.7 Å². The lowest BCUT2D eigenvalue weighted by molar-refractivity contribution is 0.422. The summed E-state index contributed by atoms with van der Waals surface area (Å²) in [5.41, 5.74) is 0.735. The molecule has 0 spiro atoms. The predicted octanol–water partition coefficient (Wildman–Crippen LogP) is 2.74. The van der Waals surface area contributed by atoms with Crippen LogP contribution in [-0.2, 0) is 16.6 Å². The number of halogens is 1. The van der Waals surface area contributed by atoms with Crippen LogP contribution in [0.4, 0.5) is 4.39 Å². The summed E-state index contributed by atoms with van der Waals surface area (Å²) in [6.45, 7) is 8.90. The molecule has 0 aliphatic carbocycles. The van der Waals surface area contributed by atoms with Gasteiger partial charge in [-0.3, -0.25) is 0 Å². The standard InChI is InChI=1S/C15H25FN2O2S/c1-5-9-18(6-2)21(19,20)15-8-7-13(10-14(15)16)11-17-12(3)4/h7-8,10,12,17H,5-6,9,11H2,1-4H3. The third-order valence-corrected chi connectivity index (χ3v) is 5.16. The Balaban J connectivity index is 3.03. The summed E-state index contributed by atoms with van der Waals surface area (Å²) in [6.07, 6.45) is 0.699. The number of sulfonamides is 1. The Labute approximate surface area is 127 Å². The zero-order valence-electron chi connectivity index (χ0n) is 13.2. The molecule has 0 radical (unpaired) electrons. The maximum atomic E-state index is 14.2. The van der Waals surface area contributed by atoms with E-state index >= 15 is 0 Å². The van der Waals surface area contributed by atoms with E-state index in [2.05, 4.69) is 5.32 Å². The molecular weight excluding hydrogens is 291 g/mol. The lowest BCUT2D eigenvalue weighted by atomic mass is 10.2. The van der Waals surface area contributed by atoms with Crippen molar-refractivity contribution in [3.63, 3.8) is 0 Å². The molecule has 4 nitrogen and oxygen atoms in total. The molecule has 0 unspecified atom stereocenters. The Morgan fingerprint density at radius 3 is 2.43 bits per heavy atom. The fraction of sp³-hybridized carbons (Fsp3) is 0.600. The van der Waals surface area contributed by atoms with Crippen LogP contribution < -0.4 is 5.32 Å². The van der Waals surface area contributed by atoms with E-state index in [-0.39, 0.29) is 10.9 Å². The van der Waals surface area contributed by atoms with Crippen LogP contribution in [-0.4, -0.2) is 31.9 Å². The van der Waals surface area contributed by atoms with E-state index < -0.39 is 15.8 Å². The molecule has 120 valence electrons. The molecule has 0 atom stereocenters. The molecule has 0 saturated carbocycles. The predicted molar refractivity (Wildman–Crippen MR) is 83.1 cm³/mol. The van der Waals surface area contributed by atoms with Gasteiger partial charge in [0.2, 0.25) is 10.0 Å². The van der Waals surface area contributed by atoms with E-state index in [0.29, 0.717) is 26.1 Å². The molecule has 0 fully saturated rings. The highest BCUT2D eigenvalue weighted by atomic mass is 32.2. The molecule has 0 heterocycles. The third kappa shape index (κ3) is 4.76. The number of hydrogen-bond donors (Lipinski definition) is 1. The number of benzene rings is 1. The van der Waals surface area contributed by atoms with E-state index in [1.165, 1.54) is 16.4 Å². The molecule has 1 N–H and O–H groups in total. The fourth-order valence-corrected chi connectivity index (χ4v) is 3.61. The summed E-state index contributed by atoms with van der Waals surface area (Å²) >= 11 is 0. The minimum absolute atomic E-state index is 0.244. The van der Waals surface area contributed by atoms with E-state index in [9.17, 15) is 12.8 Å². The zero-order chi connectivity index (χ0) is 16.0. The Morgan fingerprint density at radius 2 is 1.95 bits per heavy atom. The van der Waals surface area contributed by atoms with Crippen LogP contribution in [0.1, 0.15) is 39.7 Å². The topological polar surface area (TPSA) is 49.4 Å². The molecule has 1 rings (SSSR count). The van der Waals surface area contributed by atoms with Gasteiger partial charge in [-0.25, -0.2) is 12.8 Å². The average Bonchev–Trinajstić information content (AvgIpc) is 2.42. The van der Waals surface area contributed by atoms with Crippen molar-refractivity contribution in [2.75, 3.05) is 13.1 Å². The Hall–Kier alpha value is -0.980. The van der Waals surface area contributed by atoms with Crippen molar-refractivity contribution in [3.05, 3.63) is 29.6 Å². The van der Waals surface area contributed by atoms with Crippen molar-refractivity contribution in [1.29, 1.82) is 0 Å². The van der Waals surface area contributed by atoms with Gasteiger partial charge >= 0.3 is 0 Å². The van der Waals surface area contributed by atoms with Crippen molar-refractivity contribution in [1.82, 2.24) is 9.62 Å². The second-order valence-corrected chi connectivity index (χ2v) is 7.20. The summed E-state index contributed by atoms with van der Waals surface area (Å²) < 4.78 is 40.3. The van der Waals surface area contributed by atoms with Gasteiger partial charge in [-0.15, -0.1) is 0 Å². The van der Waals surface area contributed by atoms with Crippen molar-refractivity contribution in [2.45, 2.75) is 51.6 Å². The molecule has 0 bridgehead atoms. The summed E-state index contributed by atoms with van der Waals surface area (Å²) in [6, 6.07) is 4.60. The van der Waals surface area contributed by atoms with E-state index in [4.69, 9.17) is 0 Å². The van der Waals surface area contributed by atoms with E-state index in [0.717, 1.165) is 5.56 Å². The molecule has 1 aromatic carbocycles. The Bertz CT molecular complexity index is 559. The molecule has 0 saturated heterocycles. The Morgan fingerprint density at radius 1 is 1.29 bits per heavy atom. The van der Waals surface area contributed by atoms with Crippen molar-refractivity contribution in [3.8, 4) is 0 Å².